The lowest BCUT2D eigenvalue weighted by atomic mass is 10.0. The number of hydrogen-bond donors (Lipinski definition) is 1. The van der Waals surface area contributed by atoms with E-state index in [9.17, 15) is 0 Å². The van der Waals surface area contributed by atoms with E-state index in [-0.39, 0.29) is 5.60 Å². The molecule has 1 unspecified atom stereocenters. The average molecular weight is 198 g/mol. The molecule has 1 N–H and O–H groups in total. The molecule has 0 amide bonds. The highest BCUT2D eigenvalue weighted by atomic mass is 16.5. The summed E-state index contributed by atoms with van der Waals surface area (Å²) in [5.41, 5.74) is 0.130. The summed E-state index contributed by atoms with van der Waals surface area (Å²) in [6.07, 6.45) is 1.36. The Labute approximate surface area is 86.8 Å². The molecule has 2 rings (SSSR count). The van der Waals surface area contributed by atoms with Crippen LogP contribution in [0.3, 0.4) is 0 Å². The van der Waals surface area contributed by atoms with Gasteiger partial charge in [0.1, 0.15) is 0 Å². The molecule has 2 fully saturated rings. The van der Waals surface area contributed by atoms with Gasteiger partial charge in [0.15, 0.2) is 0 Å². The molecule has 1 atom stereocenters. The van der Waals surface area contributed by atoms with Crippen molar-refractivity contribution in [1.29, 1.82) is 0 Å². The van der Waals surface area contributed by atoms with E-state index in [4.69, 9.17) is 4.74 Å². The number of likely N-dealkylation sites (tertiary alicyclic amines) is 1. The van der Waals surface area contributed by atoms with Gasteiger partial charge in [0.2, 0.25) is 0 Å². The van der Waals surface area contributed by atoms with Crippen LogP contribution in [0.4, 0.5) is 0 Å². The molecule has 0 aromatic carbocycles. The summed E-state index contributed by atoms with van der Waals surface area (Å²) in [6, 6.07) is 0. The molecule has 3 nitrogen and oxygen atoms in total. The molecule has 0 aromatic rings. The van der Waals surface area contributed by atoms with Gasteiger partial charge >= 0.3 is 0 Å². The van der Waals surface area contributed by atoms with E-state index in [1.54, 1.807) is 0 Å². The summed E-state index contributed by atoms with van der Waals surface area (Å²) in [6.45, 7) is 11.1. The van der Waals surface area contributed by atoms with E-state index >= 15 is 0 Å². The largest absolute Gasteiger partial charge is 0.371 e. The van der Waals surface area contributed by atoms with Gasteiger partial charge < -0.3 is 15.0 Å². The Morgan fingerprint density at radius 1 is 1.50 bits per heavy atom. The number of rotatable bonds is 4. The van der Waals surface area contributed by atoms with Crippen molar-refractivity contribution in [1.82, 2.24) is 10.2 Å². The predicted octanol–water partition coefficient (Wildman–Crippen LogP) is 0.707. The summed E-state index contributed by atoms with van der Waals surface area (Å²) in [5.74, 6) is 0.885. The fourth-order valence-corrected chi connectivity index (χ4v) is 2.23. The molecule has 0 aliphatic carbocycles. The van der Waals surface area contributed by atoms with Crippen LogP contribution in [0.2, 0.25) is 0 Å². The normalized spacial score (nSPS) is 31.7. The van der Waals surface area contributed by atoms with Crippen LogP contribution >= 0.6 is 0 Å². The molecule has 0 saturated carbocycles. The minimum absolute atomic E-state index is 0.130. The summed E-state index contributed by atoms with van der Waals surface area (Å²) in [4.78, 5) is 2.51. The Morgan fingerprint density at radius 3 is 2.79 bits per heavy atom. The zero-order chi connectivity index (χ0) is 10.0. The van der Waals surface area contributed by atoms with Crippen LogP contribution in [0.25, 0.3) is 0 Å². The molecule has 2 saturated heterocycles. The Balaban J connectivity index is 1.58. The van der Waals surface area contributed by atoms with Crippen molar-refractivity contribution in [2.45, 2.75) is 25.9 Å². The van der Waals surface area contributed by atoms with Crippen molar-refractivity contribution in [3.63, 3.8) is 0 Å². The molecular formula is C11H22N2O. The third-order valence-corrected chi connectivity index (χ3v) is 3.36. The molecule has 14 heavy (non-hydrogen) atoms. The second-order valence-electron chi connectivity index (χ2n) is 5.10. The number of ether oxygens (including phenoxy) is 1. The topological polar surface area (TPSA) is 24.5 Å². The van der Waals surface area contributed by atoms with E-state index in [0.717, 1.165) is 32.2 Å². The highest BCUT2D eigenvalue weighted by Crippen LogP contribution is 2.17. The van der Waals surface area contributed by atoms with Crippen LogP contribution in [0.1, 0.15) is 20.3 Å². The second kappa shape index (κ2) is 4.17. The average Bonchev–Trinajstić information content (AvgIpc) is 2.49. The third kappa shape index (κ3) is 2.47. The van der Waals surface area contributed by atoms with Crippen molar-refractivity contribution in [2.75, 3.05) is 39.3 Å². The van der Waals surface area contributed by atoms with Crippen molar-refractivity contribution in [3.05, 3.63) is 0 Å². The summed E-state index contributed by atoms with van der Waals surface area (Å²) in [7, 11) is 0. The van der Waals surface area contributed by atoms with Gasteiger partial charge in [-0.2, -0.15) is 0 Å². The standard InChI is InChI=1S/C11H22N2O/c1-10-3-4-13(7-10)5-6-14-11(2)8-12-9-11/h10,12H,3-9H2,1-2H3. The van der Waals surface area contributed by atoms with Crippen molar-refractivity contribution in [3.8, 4) is 0 Å². The first-order valence-corrected chi connectivity index (χ1v) is 5.75. The van der Waals surface area contributed by atoms with Crippen LogP contribution in [0, 0.1) is 5.92 Å². The van der Waals surface area contributed by atoms with Crippen LogP contribution in [-0.4, -0.2) is 49.8 Å². The maximum atomic E-state index is 5.86. The minimum Gasteiger partial charge on any atom is -0.371 e. The maximum Gasteiger partial charge on any atom is 0.0902 e. The van der Waals surface area contributed by atoms with Gasteiger partial charge in [-0.05, 0) is 25.8 Å². The van der Waals surface area contributed by atoms with E-state index in [2.05, 4.69) is 24.1 Å². The molecule has 0 radical (unpaired) electrons. The van der Waals surface area contributed by atoms with Gasteiger partial charge in [-0.25, -0.2) is 0 Å². The number of nitrogens with zero attached hydrogens (tertiary/aromatic N) is 1. The zero-order valence-corrected chi connectivity index (χ0v) is 9.38. The molecule has 0 spiro atoms. The highest BCUT2D eigenvalue weighted by molar-refractivity contribution is 4.90. The predicted molar refractivity (Wildman–Crippen MR) is 57.4 cm³/mol. The second-order valence-corrected chi connectivity index (χ2v) is 5.10. The first kappa shape index (κ1) is 10.4. The third-order valence-electron chi connectivity index (χ3n) is 3.36. The SMILES string of the molecule is CC1CCN(CCOC2(C)CNC2)C1. The number of hydrogen-bond acceptors (Lipinski definition) is 3. The summed E-state index contributed by atoms with van der Waals surface area (Å²) < 4.78 is 5.86. The summed E-state index contributed by atoms with van der Waals surface area (Å²) in [5, 5.41) is 3.25. The minimum atomic E-state index is 0.130. The maximum absolute atomic E-state index is 5.86. The lowest BCUT2D eigenvalue weighted by molar-refractivity contribution is -0.0711. The van der Waals surface area contributed by atoms with Crippen molar-refractivity contribution < 1.29 is 4.74 Å². The molecule has 0 bridgehead atoms. The molecular weight excluding hydrogens is 176 g/mol. The van der Waals surface area contributed by atoms with E-state index in [0.29, 0.717) is 0 Å². The van der Waals surface area contributed by atoms with Crippen molar-refractivity contribution in [2.24, 2.45) is 5.92 Å². The molecule has 2 aliphatic rings. The molecule has 2 aliphatic heterocycles. The van der Waals surface area contributed by atoms with E-state index in [1.165, 1.54) is 19.5 Å². The van der Waals surface area contributed by atoms with Gasteiger partial charge in [0, 0.05) is 26.2 Å². The van der Waals surface area contributed by atoms with Gasteiger partial charge in [0.25, 0.3) is 0 Å². The van der Waals surface area contributed by atoms with Gasteiger partial charge in [-0.1, -0.05) is 6.92 Å². The quantitative estimate of drug-likeness (QED) is 0.720. The van der Waals surface area contributed by atoms with Gasteiger partial charge in [0.05, 0.1) is 12.2 Å². The summed E-state index contributed by atoms with van der Waals surface area (Å²) >= 11 is 0. The smallest absolute Gasteiger partial charge is 0.0902 e. The van der Waals surface area contributed by atoms with Crippen LogP contribution < -0.4 is 5.32 Å². The lowest BCUT2D eigenvalue weighted by Crippen LogP contribution is -2.59. The van der Waals surface area contributed by atoms with E-state index in [1.807, 2.05) is 0 Å². The zero-order valence-electron chi connectivity index (χ0n) is 9.38. The van der Waals surface area contributed by atoms with Crippen LogP contribution in [-0.2, 0) is 4.74 Å². The fourth-order valence-electron chi connectivity index (χ4n) is 2.23. The Hall–Kier alpha value is -0.120. The van der Waals surface area contributed by atoms with Crippen molar-refractivity contribution >= 4 is 0 Å². The van der Waals surface area contributed by atoms with Crippen LogP contribution in [0.5, 0.6) is 0 Å². The molecule has 82 valence electrons. The molecule has 0 aromatic heterocycles. The fraction of sp³-hybridized carbons (Fsp3) is 1.00. The molecule has 2 heterocycles. The Bertz CT molecular complexity index is 192. The van der Waals surface area contributed by atoms with Gasteiger partial charge in [-0.3, -0.25) is 0 Å². The van der Waals surface area contributed by atoms with E-state index < -0.39 is 0 Å². The Kier molecular flexibility index (Phi) is 3.10. The number of nitrogens with one attached hydrogen (secondary N) is 1. The lowest BCUT2D eigenvalue weighted by Gasteiger charge is -2.39. The highest BCUT2D eigenvalue weighted by Gasteiger charge is 2.32. The monoisotopic (exact) mass is 198 g/mol. The van der Waals surface area contributed by atoms with Gasteiger partial charge in [-0.15, -0.1) is 0 Å². The first-order chi connectivity index (χ1) is 6.68. The Morgan fingerprint density at radius 2 is 2.29 bits per heavy atom. The first-order valence-electron chi connectivity index (χ1n) is 5.75. The molecule has 3 heteroatoms. The van der Waals surface area contributed by atoms with Crippen LogP contribution in [0.15, 0.2) is 0 Å².